The largest absolute Gasteiger partial charge is 0.384 e. The first kappa shape index (κ1) is 18.3. The summed E-state index contributed by atoms with van der Waals surface area (Å²) in [6.07, 6.45) is 3.75. The molecule has 1 aliphatic rings. The summed E-state index contributed by atoms with van der Waals surface area (Å²) in [7, 11) is -4.71. The van der Waals surface area contributed by atoms with Crippen molar-refractivity contribution >= 4 is 37.8 Å². The lowest BCUT2D eigenvalue weighted by atomic mass is 9.90. The normalized spacial score (nSPS) is 19.0. The fourth-order valence-electron chi connectivity index (χ4n) is 3.14. The number of nitrogens with two attached hydrogens (primary N) is 1. The maximum Gasteiger partial charge on any atom is 0.239 e. The molecule has 2 unspecified atom stereocenters. The molecule has 1 aromatic carbocycles. The number of benzene rings is 1. The predicted octanol–water partition coefficient (Wildman–Crippen LogP) is 1.18. The Morgan fingerprint density at radius 2 is 2.12 bits per heavy atom. The van der Waals surface area contributed by atoms with Gasteiger partial charge in [0.25, 0.3) is 0 Å². The van der Waals surface area contributed by atoms with Crippen LogP contribution in [0.15, 0.2) is 18.2 Å². The van der Waals surface area contributed by atoms with E-state index >= 15 is 0 Å². The molecule has 25 heavy (non-hydrogen) atoms. The smallest absolute Gasteiger partial charge is 0.239 e. The minimum absolute atomic E-state index is 0.113. The molecule has 1 aliphatic carbocycles. The van der Waals surface area contributed by atoms with Gasteiger partial charge in [0.15, 0.2) is 0 Å². The maximum absolute atomic E-state index is 12.1. The molecule has 0 aliphatic heterocycles. The lowest BCUT2D eigenvalue weighted by molar-refractivity contribution is 0.0462. The van der Waals surface area contributed by atoms with Crippen LogP contribution in [0.1, 0.15) is 31.7 Å². The molecule has 0 amide bonds. The molecule has 0 spiro atoms. The summed E-state index contributed by atoms with van der Waals surface area (Å²) in [6, 6.07) is 4.94. The number of rotatable bonds is 7. The Bertz CT molecular complexity index is 934. The van der Waals surface area contributed by atoms with Crippen molar-refractivity contribution in [3.63, 3.8) is 0 Å². The zero-order chi connectivity index (χ0) is 18.4. The van der Waals surface area contributed by atoms with Crippen molar-refractivity contribution in [1.82, 2.24) is 8.96 Å². The van der Waals surface area contributed by atoms with Gasteiger partial charge in [-0.1, -0.05) is 25.8 Å². The molecule has 138 valence electrons. The van der Waals surface area contributed by atoms with Crippen molar-refractivity contribution in [3.05, 3.63) is 23.8 Å². The van der Waals surface area contributed by atoms with Crippen molar-refractivity contribution in [2.24, 2.45) is 5.92 Å². The Hall–Kier alpha value is -1.45. The number of aromatic nitrogens is 2. The van der Waals surface area contributed by atoms with Crippen molar-refractivity contribution in [2.45, 2.75) is 31.8 Å². The number of nitrogen functional groups attached to an aromatic ring is 1. The van der Waals surface area contributed by atoms with Gasteiger partial charge in [0, 0.05) is 16.6 Å². The highest BCUT2D eigenvalue weighted by Gasteiger charge is 2.38. The average molecular weight is 386 g/mol. The van der Waals surface area contributed by atoms with Crippen LogP contribution in [-0.4, -0.2) is 44.5 Å². The first-order valence-corrected chi connectivity index (χ1v) is 11.5. The molecular weight excluding hydrogens is 362 g/mol. The minimum Gasteiger partial charge on any atom is -0.384 e. The van der Waals surface area contributed by atoms with Crippen LogP contribution in [-0.2, 0) is 26.4 Å². The van der Waals surface area contributed by atoms with Crippen LogP contribution in [0.25, 0.3) is 11.0 Å². The molecule has 1 heterocycles. The Kier molecular flexibility index (Phi) is 4.67. The van der Waals surface area contributed by atoms with E-state index in [1.54, 1.807) is 18.2 Å². The molecule has 0 saturated heterocycles. The zero-order valence-electron chi connectivity index (χ0n) is 14.3. The third-order valence-electron chi connectivity index (χ3n) is 4.55. The monoisotopic (exact) mass is 385 g/mol. The molecule has 3 N–H and O–H groups in total. The lowest BCUT2D eigenvalue weighted by Crippen LogP contribution is -2.33. The first-order valence-electron chi connectivity index (χ1n) is 8.20. The number of imidazole rings is 1. The van der Waals surface area contributed by atoms with Crippen LogP contribution in [0.4, 0.5) is 5.95 Å². The topological polar surface area (TPSA) is 115 Å². The molecule has 0 bridgehead atoms. The van der Waals surface area contributed by atoms with E-state index in [9.17, 15) is 17.7 Å². The SMILES string of the molecule is CCS(=O)CC(O)(CC1CC1)c1ccc2c(c1)nc(N)n2S(C)(=O)=O. The van der Waals surface area contributed by atoms with E-state index in [4.69, 9.17) is 5.73 Å². The molecule has 1 aromatic heterocycles. The van der Waals surface area contributed by atoms with E-state index in [1.165, 1.54) is 0 Å². The quantitative estimate of drug-likeness (QED) is 0.739. The summed E-state index contributed by atoms with van der Waals surface area (Å²) in [5.41, 5.74) is 5.92. The van der Waals surface area contributed by atoms with Gasteiger partial charge in [0.2, 0.25) is 16.0 Å². The summed E-state index contributed by atoms with van der Waals surface area (Å²) in [5.74, 6) is 0.962. The Morgan fingerprint density at radius 3 is 2.68 bits per heavy atom. The Balaban J connectivity index is 2.08. The van der Waals surface area contributed by atoms with Crippen LogP contribution in [0.2, 0.25) is 0 Å². The number of hydrogen-bond acceptors (Lipinski definition) is 6. The highest BCUT2D eigenvalue weighted by atomic mass is 32.2. The summed E-state index contributed by atoms with van der Waals surface area (Å²) >= 11 is 0. The van der Waals surface area contributed by atoms with Gasteiger partial charge >= 0.3 is 0 Å². The van der Waals surface area contributed by atoms with Gasteiger partial charge in [-0.2, -0.15) is 0 Å². The highest BCUT2D eigenvalue weighted by Crippen LogP contribution is 2.42. The molecule has 2 atom stereocenters. The molecule has 1 fully saturated rings. The minimum atomic E-state index is -3.58. The Morgan fingerprint density at radius 1 is 1.44 bits per heavy atom. The van der Waals surface area contributed by atoms with Crippen LogP contribution in [0.3, 0.4) is 0 Å². The number of fused-ring (bicyclic) bond motifs is 1. The lowest BCUT2D eigenvalue weighted by Gasteiger charge is -2.28. The maximum atomic E-state index is 12.1. The van der Waals surface area contributed by atoms with E-state index in [0.29, 0.717) is 34.7 Å². The second kappa shape index (κ2) is 6.37. The summed E-state index contributed by atoms with van der Waals surface area (Å²) in [6.45, 7) is 1.82. The Labute approximate surface area is 149 Å². The molecule has 2 aromatic rings. The second-order valence-corrected chi connectivity index (χ2v) is 10.3. The fourth-order valence-corrected chi connectivity index (χ4v) is 5.06. The van der Waals surface area contributed by atoms with Crippen molar-refractivity contribution in [3.8, 4) is 0 Å². The predicted molar refractivity (Wildman–Crippen MR) is 99.2 cm³/mol. The fraction of sp³-hybridized carbons (Fsp3) is 0.562. The molecule has 7 nitrogen and oxygen atoms in total. The van der Waals surface area contributed by atoms with Gasteiger partial charge in [-0.15, -0.1) is 0 Å². The first-order chi connectivity index (χ1) is 11.6. The van der Waals surface area contributed by atoms with Gasteiger partial charge in [-0.3, -0.25) is 4.21 Å². The summed E-state index contributed by atoms with van der Waals surface area (Å²) < 4.78 is 36.9. The molecule has 0 radical (unpaired) electrons. The van der Waals surface area contributed by atoms with Crippen LogP contribution in [0, 0.1) is 5.92 Å². The van der Waals surface area contributed by atoms with Crippen molar-refractivity contribution in [2.75, 3.05) is 23.5 Å². The zero-order valence-corrected chi connectivity index (χ0v) is 15.9. The van der Waals surface area contributed by atoms with Gasteiger partial charge in [0.1, 0.15) is 5.60 Å². The standard InChI is InChI=1S/C16H23N3O4S2/c1-3-24(21)10-16(20,9-11-4-5-11)12-6-7-14-13(8-12)18-15(17)19(14)25(2,22)23/h6-8,11,20H,3-5,9-10H2,1-2H3,(H2,17,18). The number of hydrogen-bond donors (Lipinski definition) is 2. The third-order valence-corrected chi connectivity index (χ3v) is 7.04. The number of aliphatic hydroxyl groups is 1. The number of anilines is 1. The van der Waals surface area contributed by atoms with Crippen LogP contribution in [0.5, 0.6) is 0 Å². The molecule has 9 heteroatoms. The third kappa shape index (κ3) is 3.73. The number of nitrogens with zero attached hydrogens (tertiary/aromatic N) is 2. The molecule has 3 rings (SSSR count). The van der Waals surface area contributed by atoms with Crippen LogP contribution < -0.4 is 5.73 Å². The van der Waals surface area contributed by atoms with Gasteiger partial charge in [-0.05, 0) is 30.0 Å². The van der Waals surface area contributed by atoms with Gasteiger partial charge < -0.3 is 10.8 Å². The van der Waals surface area contributed by atoms with Gasteiger partial charge in [0.05, 0.1) is 23.0 Å². The molecule has 1 saturated carbocycles. The van der Waals surface area contributed by atoms with Crippen molar-refractivity contribution in [1.29, 1.82) is 0 Å². The van der Waals surface area contributed by atoms with Crippen molar-refractivity contribution < 1.29 is 17.7 Å². The van der Waals surface area contributed by atoms with E-state index in [-0.39, 0.29) is 11.7 Å². The summed E-state index contributed by atoms with van der Waals surface area (Å²) in [5, 5.41) is 11.2. The van der Waals surface area contributed by atoms with E-state index in [2.05, 4.69) is 4.98 Å². The molecular formula is C16H23N3O4S2. The van der Waals surface area contributed by atoms with E-state index in [0.717, 1.165) is 23.1 Å². The average Bonchev–Trinajstić information content (AvgIpc) is 3.23. The van der Waals surface area contributed by atoms with E-state index < -0.39 is 26.4 Å². The van der Waals surface area contributed by atoms with Crippen LogP contribution >= 0.6 is 0 Å². The van der Waals surface area contributed by atoms with Gasteiger partial charge in [-0.25, -0.2) is 17.4 Å². The van der Waals surface area contributed by atoms with E-state index in [1.807, 2.05) is 6.92 Å². The highest BCUT2D eigenvalue weighted by molar-refractivity contribution is 7.89. The summed E-state index contributed by atoms with van der Waals surface area (Å²) in [4.78, 5) is 4.12. The second-order valence-electron chi connectivity index (χ2n) is 6.75.